The van der Waals surface area contributed by atoms with E-state index >= 15 is 0 Å². The molecule has 0 fully saturated rings. The molecule has 0 bridgehead atoms. The predicted octanol–water partition coefficient (Wildman–Crippen LogP) is -1.02. The van der Waals surface area contributed by atoms with Crippen molar-refractivity contribution in [3.05, 3.63) is 11.6 Å². The fourth-order valence-corrected chi connectivity index (χ4v) is 1.22. The third kappa shape index (κ3) is 3.54. The molecular weight excluding hydrogens is 244 g/mol. The number of carboxylic acids is 2. The van der Waals surface area contributed by atoms with E-state index in [4.69, 9.17) is 10.2 Å². The normalized spacial score (nSPS) is 10.1. The molecule has 1 amide bonds. The molecule has 9 heteroatoms. The van der Waals surface area contributed by atoms with Gasteiger partial charge in [-0.2, -0.15) is 0 Å². The molecule has 1 heterocycles. The third-order valence-corrected chi connectivity index (χ3v) is 2.00. The van der Waals surface area contributed by atoms with Crippen molar-refractivity contribution >= 4 is 17.8 Å². The van der Waals surface area contributed by atoms with Crippen molar-refractivity contribution in [2.45, 2.75) is 13.3 Å². The number of hydrogen-bond acceptors (Lipinski definition) is 5. The number of aromatic nitrogens is 3. The van der Waals surface area contributed by atoms with Gasteiger partial charge in [0.25, 0.3) is 5.91 Å². The van der Waals surface area contributed by atoms with Gasteiger partial charge in [-0.15, -0.1) is 5.10 Å². The van der Waals surface area contributed by atoms with Gasteiger partial charge in [0.05, 0.1) is 0 Å². The Balaban J connectivity index is 2.86. The van der Waals surface area contributed by atoms with E-state index in [1.807, 2.05) is 0 Å². The first kappa shape index (κ1) is 13.6. The van der Waals surface area contributed by atoms with E-state index in [0.29, 0.717) is 17.1 Å². The second-order valence-corrected chi connectivity index (χ2v) is 3.41. The molecule has 3 N–H and O–H groups in total. The summed E-state index contributed by atoms with van der Waals surface area (Å²) in [5.74, 6) is -3.24. The monoisotopic (exact) mass is 256 g/mol. The Hall–Kier alpha value is -2.45. The van der Waals surface area contributed by atoms with Crippen molar-refractivity contribution in [2.75, 3.05) is 13.1 Å². The minimum Gasteiger partial charge on any atom is -0.480 e. The van der Waals surface area contributed by atoms with E-state index in [9.17, 15) is 14.4 Å². The Kier molecular flexibility index (Phi) is 4.35. The average Bonchev–Trinajstić information content (AvgIpc) is 2.74. The van der Waals surface area contributed by atoms with E-state index in [0.717, 1.165) is 0 Å². The summed E-state index contributed by atoms with van der Waals surface area (Å²) >= 11 is 0. The van der Waals surface area contributed by atoms with Crippen LogP contribution in [0.1, 0.15) is 23.4 Å². The number of carboxylic acid groups (broad SMARTS) is 2. The van der Waals surface area contributed by atoms with Crippen molar-refractivity contribution in [2.24, 2.45) is 0 Å². The van der Waals surface area contributed by atoms with Gasteiger partial charge in [-0.3, -0.25) is 19.5 Å². The Bertz CT molecular complexity index is 453. The predicted molar refractivity (Wildman–Crippen MR) is 56.9 cm³/mol. The lowest BCUT2D eigenvalue weighted by Crippen LogP contribution is -2.39. The number of amides is 1. The first-order valence-corrected chi connectivity index (χ1v) is 5.08. The zero-order valence-electron chi connectivity index (χ0n) is 9.58. The van der Waals surface area contributed by atoms with Gasteiger partial charge in [0.1, 0.15) is 18.9 Å². The van der Waals surface area contributed by atoms with Crippen LogP contribution in [0.15, 0.2) is 0 Å². The highest BCUT2D eigenvalue weighted by Gasteiger charge is 2.24. The van der Waals surface area contributed by atoms with Gasteiger partial charge in [0, 0.05) is 6.42 Å². The number of carbonyl (C=O) groups is 3. The lowest BCUT2D eigenvalue weighted by molar-refractivity contribution is -0.140. The first-order valence-electron chi connectivity index (χ1n) is 5.08. The quantitative estimate of drug-likeness (QED) is 0.592. The van der Waals surface area contributed by atoms with Crippen LogP contribution >= 0.6 is 0 Å². The molecule has 0 saturated carbocycles. The molecule has 1 aromatic heterocycles. The summed E-state index contributed by atoms with van der Waals surface area (Å²) in [7, 11) is 0. The molecule has 0 unspecified atom stereocenters. The fourth-order valence-electron chi connectivity index (χ4n) is 1.22. The summed E-state index contributed by atoms with van der Waals surface area (Å²) < 4.78 is 0. The van der Waals surface area contributed by atoms with Gasteiger partial charge in [0.15, 0.2) is 0 Å². The smallest absolute Gasteiger partial charge is 0.323 e. The fraction of sp³-hybridized carbons (Fsp3) is 0.444. The molecule has 0 aliphatic heterocycles. The minimum atomic E-state index is -1.31. The molecule has 0 aliphatic rings. The maximum atomic E-state index is 11.8. The Morgan fingerprint density at radius 2 is 1.78 bits per heavy atom. The zero-order chi connectivity index (χ0) is 13.7. The maximum Gasteiger partial charge on any atom is 0.323 e. The molecule has 1 rings (SSSR count). The zero-order valence-corrected chi connectivity index (χ0v) is 9.58. The van der Waals surface area contributed by atoms with Gasteiger partial charge in [-0.05, 0) is 0 Å². The first-order chi connectivity index (χ1) is 8.43. The topological polar surface area (TPSA) is 136 Å². The molecule has 98 valence electrons. The van der Waals surface area contributed by atoms with E-state index in [1.54, 1.807) is 6.92 Å². The largest absolute Gasteiger partial charge is 0.480 e. The lowest BCUT2D eigenvalue weighted by atomic mass is 10.4. The summed E-state index contributed by atoms with van der Waals surface area (Å²) in [6.45, 7) is 0.350. The summed E-state index contributed by atoms with van der Waals surface area (Å²) in [6, 6.07) is 0. The van der Waals surface area contributed by atoms with Crippen LogP contribution in [0.25, 0.3) is 0 Å². The van der Waals surface area contributed by atoms with Crippen molar-refractivity contribution in [1.29, 1.82) is 0 Å². The highest BCUT2D eigenvalue weighted by atomic mass is 16.4. The summed E-state index contributed by atoms with van der Waals surface area (Å²) in [5, 5.41) is 23.3. The maximum absolute atomic E-state index is 11.8. The molecule has 9 nitrogen and oxygen atoms in total. The molecule has 0 radical (unpaired) electrons. The van der Waals surface area contributed by atoms with Crippen LogP contribution < -0.4 is 0 Å². The van der Waals surface area contributed by atoms with Crippen molar-refractivity contribution in [3.8, 4) is 0 Å². The summed E-state index contributed by atoms with van der Waals surface area (Å²) in [5.41, 5.74) is 0. The molecule has 0 atom stereocenters. The number of carbonyl (C=O) groups excluding carboxylic acids is 1. The van der Waals surface area contributed by atoms with Crippen LogP contribution in [-0.2, 0) is 16.0 Å². The molecule has 1 aromatic rings. The highest BCUT2D eigenvalue weighted by Crippen LogP contribution is 2.00. The summed E-state index contributed by atoms with van der Waals surface area (Å²) in [4.78, 5) is 37.4. The van der Waals surface area contributed by atoms with Crippen LogP contribution in [0, 0.1) is 0 Å². The Labute approximate surface area is 101 Å². The number of H-pyrrole nitrogens is 1. The van der Waals surface area contributed by atoms with E-state index in [1.165, 1.54) is 0 Å². The number of hydrogen-bond donors (Lipinski definition) is 3. The van der Waals surface area contributed by atoms with Gasteiger partial charge in [-0.1, -0.05) is 6.92 Å². The molecule has 0 saturated heterocycles. The van der Waals surface area contributed by atoms with Crippen molar-refractivity contribution in [1.82, 2.24) is 20.1 Å². The number of rotatable bonds is 6. The molecular formula is C9H12N4O5. The van der Waals surface area contributed by atoms with Crippen LogP contribution in [0.4, 0.5) is 0 Å². The van der Waals surface area contributed by atoms with Crippen molar-refractivity contribution < 1.29 is 24.6 Å². The molecule has 0 spiro atoms. The number of aromatic amines is 1. The standard InChI is InChI=1S/C9H12N4O5/c1-2-5-10-8(12-11-5)9(18)13(3-6(14)15)4-7(16)17/h2-4H2,1H3,(H,14,15)(H,16,17)(H,10,11,12). The third-order valence-electron chi connectivity index (χ3n) is 2.00. The van der Waals surface area contributed by atoms with E-state index in [-0.39, 0.29) is 5.82 Å². The second-order valence-electron chi connectivity index (χ2n) is 3.41. The number of nitrogens with zero attached hydrogens (tertiary/aromatic N) is 3. The van der Waals surface area contributed by atoms with Crippen LogP contribution in [0.2, 0.25) is 0 Å². The number of aliphatic carboxylic acids is 2. The Morgan fingerprint density at radius 1 is 1.22 bits per heavy atom. The highest BCUT2D eigenvalue weighted by molar-refractivity contribution is 5.94. The summed E-state index contributed by atoms with van der Waals surface area (Å²) in [6.07, 6.45) is 0.526. The van der Waals surface area contributed by atoms with Crippen LogP contribution in [-0.4, -0.2) is 61.2 Å². The van der Waals surface area contributed by atoms with Crippen LogP contribution in [0.5, 0.6) is 0 Å². The van der Waals surface area contributed by atoms with Crippen LogP contribution in [0.3, 0.4) is 0 Å². The minimum absolute atomic E-state index is 0.241. The van der Waals surface area contributed by atoms with E-state index < -0.39 is 30.9 Å². The SMILES string of the molecule is CCc1nc(C(=O)N(CC(=O)O)CC(=O)O)n[nH]1. The second kappa shape index (κ2) is 5.75. The average molecular weight is 256 g/mol. The number of aryl methyl sites for hydroxylation is 1. The molecule has 0 aliphatic carbocycles. The van der Waals surface area contributed by atoms with Gasteiger partial charge in [0.2, 0.25) is 5.82 Å². The molecule has 0 aromatic carbocycles. The lowest BCUT2D eigenvalue weighted by Gasteiger charge is -2.16. The number of nitrogens with one attached hydrogen (secondary N) is 1. The van der Waals surface area contributed by atoms with Gasteiger partial charge >= 0.3 is 11.9 Å². The van der Waals surface area contributed by atoms with Gasteiger partial charge in [-0.25, -0.2) is 4.98 Å². The Morgan fingerprint density at radius 3 is 2.17 bits per heavy atom. The molecule has 18 heavy (non-hydrogen) atoms. The van der Waals surface area contributed by atoms with Crippen molar-refractivity contribution in [3.63, 3.8) is 0 Å². The van der Waals surface area contributed by atoms with E-state index in [2.05, 4.69) is 15.2 Å². The van der Waals surface area contributed by atoms with Gasteiger partial charge < -0.3 is 15.1 Å².